The smallest absolute Gasteiger partial charge is 0.319 e. The number of thioether (sulfide) groups is 1. The van der Waals surface area contributed by atoms with Gasteiger partial charge in [-0.3, -0.25) is 10.1 Å². The lowest BCUT2D eigenvalue weighted by Gasteiger charge is -2.02. The highest BCUT2D eigenvalue weighted by Crippen LogP contribution is 2.29. The van der Waals surface area contributed by atoms with Crippen molar-refractivity contribution < 1.29 is 9.59 Å². The van der Waals surface area contributed by atoms with Crippen LogP contribution in [0.4, 0.5) is 9.80 Å². The molecule has 8 heteroatoms. The van der Waals surface area contributed by atoms with Crippen molar-refractivity contribution in [2.45, 2.75) is 5.03 Å². The van der Waals surface area contributed by atoms with E-state index in [0.29, 0.717) is 10.0 Å². The summed E-state index contributed by atoms with van der Waals surface area (Å²) in [7, 11) is 1.48. The van der Waals surface area contributed by atoms with Gasteiger partial charge in [0.05, 0.1) is 0 Å². The monoisotopic (exact) mass is 246 g/mol. The van der Waals surface area contributed by atoms with Crippen molar-refractivity contribution >= 4 is 40.2 Å². The molecular weight excluding hydrogens is 236 g/mol. The summed E-state index contributed by atoms with van der Waals surface area (Å²) in [6.07, 6.45) is 1.78. The Bertz CT molecular complexity index is 390. The molecule has 0 saturated carbocycles. The Balaban J connectivity index is 3.02. The van der Waals surface area contributed by atoms with Gasteiger partial charge in [0.1, 0.15) is 15.6 Å². The Hall–Kier alpha value is -1.28. The van der Waals surface area contributed by atoms with Crippen molar-refractivity contribution in [1.82, 2.24) is 9.69 Å². The van der Waals surface area contributed by atoms with Crippen LogP contribution in [0.3, 0.4) is 0 Å². The highest BCUT2D eigenvalue weighted by Gasteiger charge is 2.19. The lowest BCUT2D eigenvalue weighted by atomic mass is 10.3. The third kappa shape index (κ3) is 2.60. The van der Waals surface area contributed by atoms with Gasteiger partial charge >= 0.3 is 6.03 Å². The molecule has 0 bridgehead atoms. The van der Waals surface area contributed by atoms with Crippen LogP contribution in [0, 0.1) is 0 Å². The quantitative estimate of drug-likeness (QED) is 0.684. The summed E-state index contributed by atoms with van der Waals surface area (Å²) in [4.78, 5) is 22.2. The van der Waals surface area contributed by atoms with E-state index in [1.165, 1.54) is 18.8 Å². The first kappa shape index (κ1) is 11.8. The summed E-state index contributed by atoms with van der Waals surface area (Å²) in [6.45, 7) is 0. The molecule has 0 fully saturated rings. The summed E-state index contributed by atoms with van der Waals surface area (Å²) in [5.41, 5.74) is 5.46. The zero-order chi connectivity index (χ0) is 11.4. The van der Waals surface area contributed by atoms with Gasteiger partial charge in [0.25, 0.3) is 5.91 Å². The van der Waals surface area contributed by atoms with E-state index in [9.17, 15) is 9.59 Å². The average Bonchev–Trinajstić information content (AvgIpc) is 2.60. The Morgan fingerprint density at radius 1 is 1.53 bits per heavy atom. The molecule has 0 aliphatic heterocycles. The second-order valence-electron chi connectivity index (χ2n) is 2.46. The van der Waals surface area contributed by atoms with Crippen LogP contribution in [-0.4, -0.2) is 29.6 Å². The second kappa shape index (κ2) is 4.99. The Morgan fingerprint density at radius 3 is 2.67 bits per heavy atom. The third-order valence-corrected chi connectivity index (χ3v) is 3.11. The van der Waals surface area contributed by atoms with E-state index >= 15 is 0 Å². The molecule has 6 nitrogen and oxygen atoms in total. The molecule has 82 valence electrons. The number of rotatable bonds is 3. The fraction of sp³-hybridized carbons (Fsp3) is 0.286. The van der Waals surface area contributed by atoms with Crippen molar-refractivity contribution in [3.05, 3.63) is 5.56 Å². The fourth-order valence-electron chi connectivity index (χ4n) is 0.883. The second-order valence-corrected chi connectivity index (χ2v) is 4.03. The van der Waals surface area contributed by atoms with Crippen molar-refractivity contribution in [1.29, 1.82) is 0 Å². The molecule has 0 aliphatic rings. The molecule has 1 aromatic heterocycles. The number of hydrogen-bond donors (Lipinski definition) is 3. The minimum atomic E-state index is -0.598. The topological polar surface area (TPSA) is 97.1 Å². The predicted molar refractivity (Wildman–Crippen MR) is 60.5 cm³/mol. The summed E-state index contributed by atoms with van der Waals surface area (Å²) in [6, 6.07) is -0.409. The number of hydrogen-bond acceptors (Lipinski definition) is 5. The van der Waals surface area contributed by atoms with Crippen molar-refractivity contribution in [3.63, 3.8) is 0 Å². The molecule has 3 amide bonds. The van der Waals surface area contributed by atoms with Crippen LogP contribution >= 0.6 is 23.3 Å². The van der Waals surface area contributed by atoms with Gasteiger partial charge in [0.2, 0.25) is 0 Å². The molecule has 1 heterocycles. The largest absolute Gasteiger partial charge is 0.365 e. The Morgan fingerprint density at radius 2 is 2.20 bits per heavy atom. The average molecular weight is 246 g/mol. The Labute approximate surface area is 94.8 Å². The van der Waals surface area contributed by atoms with Crippen molar-refractivity contribution in [2.75, 3.05) is 18.6 Å². The van der Waals surface area contributed by atoms with Gasteiger partial charge < -0.3 is 11.1 Å². The van der Waals surface area contributed by atoms with Gasteiger partial charge in [0.15, 0.2) is 0 Å². The number of carbonyl (C=O) groups excluding carboxylic acids is 2. The number of aromatic nitrogens is 1. The van der Waals surface area contributed by atoms with Crippen LogP contribution in [0.25, 0.3) is 0 Å². The standard InChI is InChI=1S/C7H10N4O2S2/c1-9-7(13)10-5-3(4(8)12)6(14-2)11-15-5/h1-2H3,(H2,8,12)(H2,9,10,13). The molecule has 0 unspecified atom stereocenters. The molecule has 0 spiro atoms. The van der Waals surface area contributed by atoms with E-state index in [1.807, 2.05) is 0 Å². The first-order valence-electron chi connectivity index (χ1n) is 3.92. The van der Waals surface area contributed by atoms with Crippen LogP contribution in [0.15, 0.2) is 5.03 Å². The minimum Gasteiger partial charge on any atom is -0.365 e. The van der Waals surface area contributed by atoms with E-state index in [1.54, 1.807) is 6.26 Å². The normalized spacial score (nSPS) is 9.73. The van der Waals surface area contributed by atoms with Gasteiger partial charge in [-0.25, -0.2) is 4.79 Å². The van der Waals surface area contributed by atoms with Gasteiger partial charge in [-0.05, 0) is 17.8 Å². The predicted octanol–water partition coefficient (Wildman–Crippen LogP) is 0.715. The first-order chi connectivity index (χ1) is 7.10. The molecule has 1 aromatic rings. The van der Waals surface area contributed by atoms with E-state index in [2.05, 4.69) is 15.0 Å². The summed E-state index contributed by atoms with van der Waals surface area (Å²) in [5.74, 6) is -0.598. The fourth-order valence-corrected chi connectivity index (χ4v) is 2.46. The Kier molecular flexibility index (Phi) is 3.92. The SMILES string of the molecule is CNC(=O)Nc1snc(SC)c1C(N)=O. The molecule has 0 atom stereocenters. The number of nitrogens with one attached hydrogen (secondary N) is 2. The van der Waals surface area contributed by atoms with E-state index in [4.69, 9.17) is 5.73 Å². The van der Waals surface area contributed by atoms with Crippen molar-refractivity contribution in [3.8, 4) is 0 Å². The van der Waals surface area contributed by atoms with E-state index < -0.39 is 11.9 Å². The van der Waals surface area contributed by atoms with E-state index in [-0.39, 0.29) is 5.56 Å². The zero-order valence-electron chi connectivity index (χ0n) is 8.16. The number of nitrogens with two attached hydrogens (primary N) is 1. The maximum atomic E-state index is 11.1. The molecule has 15 heavy (non-hydrogen) atoms. The van der Waals surface area contributed by atoms with Crippen LogP contribution in [0.2, 0.25) is 0 Å². The maximum Gasteiger partial charge on any atom is 0.319 e. The number of urea groups is 1. The molecule has 0 saturated heterocycles. The molecular formula is C7H10N4O2S2. The maximum absolute atomic E-state index is 11.1. The molecule has 4 N–H and O–H groups in total. The number of nitrogens with zero attached hydrogens (tertiary/aromatic N) is 1. The lowest BCUT2D eigenvalue weighted by molar-refractivity contribution is 0.0998. The number of amides is 3. The van der Waals surface area contributed by atoms with Gasteiger partial charge in [-0.15, -0.1) is 11.8 Å². The first-order valence-corrected chi connectivity index (χ1v) is 5.92. The van der Waals surface area contributed by atoms with Crippen LogP contribution < -0.4 is 16.4 Å². The minimum absolute atomic E-state index is 0.260. The molecule has 1 rings (SSSR count). The lowest BCUT2D eigenvalue weighted by Crippen LogP contribution is -2.25. The van der Waals surface area contributed by atoms with E-state index in [0.717, 1.165) is 11.5 Å². The summed E-state index contributed by atoms with van der Waals surface area (Å²) < 4.78 is 4.00. The number of anilines is 1. The molecule has 0 aliphatic carbocycles. The van der Waals surface area contributed by atoms with Gasteiger partial charge in [-0.2, -0.15) is 4.37 Å². The van der Waals surface area contributed by atoms with Crippen LogP contribution in [-0.2, 0) is 0 Å². The van der Waals surface area contributed by atoms with Crippen LogP contribution in [0.5, 0.6) is 0 Å². The zero-order valence-corrected chi connectivity index (χ0v) is 9.79. The summed E-state index contributed by atoms with van der Waals surface area (Å²) >= 11 is 2.34. The van der Waals surface area contributed by atoms with Crippen molar-refractivity contribution in [2.24, 2.45) is 5.73 Å². The molecule has 0 radical (unpaired) electrons. The number of carbonyl (C=O) groups is 2. The summed E-state index contributed by atoms with van der Waals surface area (Å²) in [5, 5.41) is 5.76. The van der Waals surface area contributed by atoms with Gasteiger partial charge in [-0.1, -0.05) is 0 Å². The van der Waals surface area contributed by atoms with Crippen LogP contribution in [0.1, 0.15) is 10.4 Å². The highest BCUT2D eigenvalue weighted by molar-refractivity contribution is 7.98. The third-order valence-electron chi connectivity index (χ3n) is 1.55. The highest BCUT2D eigenvalue weighted by atomic mass is 32.2. The molecule has 0 aromatic carbocycles. The number of primary amides is 1. The van der Waals surface area contributed by atoms with Gasteiger partial charge in [0, 0.05) is 7.05 Å².